The molecule has 3 aromatic rings. The van der Waals surface area contributed by atoms with Gasteiger partial charge >= 0.3 is 0 Å². The second-order valence-electron chi connectivity index (χ2n) is 7.16. The quantitative estimate of drug-likeness (QED) is 0.696. The van der Waals surface area contributed by atoms with Gasteiger partial charge in [0, 0.05) is 17.0 Å². The zero-order chi connectivity index (χ0) is 18.9. The SMILES string of the molecule is Cc1cc(NC(=O)C(C)(C)C)sc1C(=O)Nc1cccc2cccnc12. The van der Waals surface area contributed by atoms with Crippen molar-refractivity contribution in [2.24, 2.45) is 5.41 Å². The number of hydrogen-bond acceptors (Lipinski definition) is 4. The molecule has 0 bridgehead atoms. The highest BCUT2D eigenvalue weighted by Gasteiger charge is 2.23. The summed E-state index contributed by atoms with van der Waals surface area (Å²) in [5, 5.41) is 7.45. The average Bonchev–Trinajstić information content (AvgIpc) is 2.95. The van der Waals surface area contributed by atoms with E-state index in [0.29, 0.717) is 15.6 Å². The van der Waals surface area contributed by atoms with E-state index in [0.717, 1.165) is 16.5 Å². The maximum Gasteiger partial charge on any atom is 0.266 e. The number of aromatic nitrogens is 1. The topological polar surface area (TPSA) is 71.1 Å². The molecule has 2 aromatic heterocycles. The van der Waals surface area contributed by atoms with Crippen LogP contribution in [0.4, 0.5) is 10.7 Å². The third-order valence-corrected chi connectivity index (χ3v) is 5.07. The maximum atomic E-state index is 12.7. The average molecular weight is 367 g/mol. The van der Waals surface area contributed by atoms with Crippen LogP contribution in [0.1, 0.15) is 36.0 Å². The van der Waals surface area contributed by atoms with E-state index < -0.39 is 5.41 Å². The molecule has 1 aromatic carbocycles. The first-order valence-corrected chi connectivity index (χ1v) is 9.14. The van der Waals surface area contributed by atoms with E-state index >= 15 is 0 Å². The minimum Gasteiger partial charge on any atom is -0.319 e. The first-order chi connectivity index (χ1) is 12.3. The number of hydrogen-bond donors (Lipinski definition) is 2. The molecule has 0 fully saturated rings. The number of para-hydroxylation sites is 1. The van der Waals surface area contributed by atoms with E-state index in [9.17, 15) is 9.59 Å². The van der Waals surface area contributed by atoms with Crippen molar-refractivity contribution in [1.82, 2.24) is 4.98 Å². The Morgan fingerprint density at radius 1 is 1.08 bits per heavy atom. The molecule has 26 heavy (non-hydrogen) atoms. The Balaban J connectivity index is 1.83. The zero-order valence-electron chi connectivity index (χ0n) is 15.2. The summed E-state index contributed by atoms with van der Waals surface area (Å²) in [6.45, 7) is 7.41. The molecule has 2 amide bonds. The predicted molar refractivity (Wildman–Crippen MR) is 107 cm³/mol. The first-order valence-electron chi connectivity index (χ1n) is 8.33. The number of nitrogens with zero attached hydrogens (tertiary/aromatic N) is 1. The van der Waals surface area contributed by atoms with Gasteiger partial charge in [-0.2, -0.15) is 0 Å². The highest BCUT2D eigenvalue weighted by molar-refractivity contribution is 7.18. The van der Waals surface area contributed by atoms with E-state index in [2.05, 4.69) is 15.6 Å². The Labute approximate surface area is 156 Å². The van der Waals surface area contributed by atoms with Gasteiger partial charge in [0.25, 0.3) is 5.91 Å². The van der Waals surface area contributed by atoms with Gasteiger partial charge < -0.3 is 10.6 Å². The molecule has 0 aliphatic rings. The highest BCUT2D eigenvalue weighted by Crippen LogP contribution is 2.30. The van der Waals surface area contributed by atoms with Crippen LogP contribution in [0.15, 0.2) is 42.6 Å². The molecule has 6 heteroatoms. The molecule has 0 saturated carbocycles. The molecule has 2 N–H and O–H groups in total. The summed E-state index contributed by atoms with van der Waals surface area (Å²) in [4.78, 5) is 29.8. The number of pyridine rings is 1. The van der Waals surface area contributed by atoms with Gasteiger partial charge in [0.2, 0.25) is 5.91 Å². The monoisotopic (exact) mass is 367 g/mol. The molecule has 0 spiro atoms. The number of nitrogens with one attached hydrogen (secondary N) is 2. The van der Waals surface area contributed by atoms with Crippen LogP contribution in [0.3, 0.4) is 0 Å². The third kappa shape index (κ3) is 3.75. The number of anilines is 2. The fourth-order valence-corrected chi connectivity index (χ4v) is 3.42. The lowest BCUT2D eigenvalue weighted by atomic mass is 9.96. The molecule has 0 saturated heterocycles. The van der Waals surface area contributed by atoms with Crippen molar-refractivity contribution in [1.29, 1.82) is 0 Å². The number of carbonyl (C=O) groups excluding carboxylic acids is 2. The maximum absolute atomic E-state index is 12.7. The Kier molecular flexibility index (Phi) is 4.78. The van der Waals surface area contributed by atoms with Crippen molar-refractivity contribution in [3.05, 3.63) is 53.0 Å². The standard InChI is InChI=1S/C20H21N3O2S/c1-12-11-15(23-19(25)20(2,3)4)26-17(12)18(24)22-14-9-5-7-13-8-6-10-21-16(13)14/h5-11H,1-4H3,(H,22,24)(H,23,25). The lowest BCUT2D eigenvalue weighted by Crippen LogP contribution is -2.27. The highest BCUT2D eigenvalue weighted by atomic mass is 32.1. The van der Waals surface area contributed by atoms with Gasteiger partial charge in [-0.1, -0.05) is 39.0 Å². The number of rotatable bonds is 3. The second-order valence-corrected chi connectivity index (χ2v) is 8.21. The van der Waals surface area contributed by atoms with Crippen LogP contribution in [0.25, 0.3) is 10.9 Å². The summed E-state index contributed by atoms with van der Waals surface area (Å²) in [6.07, 6.45) is 1.70. The minimum atomic E-state index is -0.491. The lowest BCUT2D eigenvalue weighted by Gasteiger charge is -2.16. The summed E-state index contributed by atoms with van der Waals surface area (Å²) in [5.41, 5.74) is 1.75. The molecule has 0 atom stereocenters. The van der Waals surface area contributed by atoms with Crippen molar-refractivity contribution in [3.63, 3.8) is 0 Å². The molecular formula is C20H21N3O2S. The van der Waals surface area contributed by atoms with Crippen LogP contribution >= 0.6 is 11.3 Å². The van der Waals surface area contributed by atoms with Gasteiger partial charge in [0.15, 0.2) is 0 Å². The van der Waals surface area contributed by atoms with E-state index in [1.807, 2.05) is 64.1 Å². The predicted octanol–water partition coefficient (Wildman–Crippen LogP) is 4.84. The van der Waals surface area contributed by atoms with Crippen LogP contribution in [0.2, 0.25) is 0 Å². The summed E-state index contributed by atoms with van der Waals surface area (Å²) in [7, 11) is 0. The van der Waals surface area contributed by atoms with Gasteiger partial charge in [-0.15, -0.1) is 11.3 Å². The Hall–Kier alpha value is -2.73. The fourth-order valence-electron chi connectivity index (χ4n) is 2.45. The first kappa shape index (κ1) is 18.1. The van der Waals surface area contributed by atoms with E-state index in [4.69, 9.17) is 0 Å². The minimum absolute atomic E-state index is 0.0797. The fraction of sp³-hybridized carbons (Fsp3) is 0.250. The molecule has 0 aliphatic heterocycles. The molecule has 2 heterocycles. The zero-order valence-corrected chi connectivity index (χ0v) is 16.0. The molecule has 134 valence electrons. The number of thiophene rings is 1. The normalized spacial score (nSPS) is 11.4. The number of benzene rings is 1. The second kappa shape index (κ2) is 6.88. The summed E-state index contributed by atoms with van der Waals surface area (Å²) < 4.78 is 0. The smallest absolute Gasteiger partial charge is 0.266 e. The van der Waals surface area contributed by atoms with Crippen molar-refractivity contribution in [2.45, 2.75) is 27.7 Å². The molecular weight excluding hydrogens is 346 g/mol. The molecule has 0 unspecified atom stereocenters. The van der Waals surface area contributed by atoms with Crippen LogP contribution < -0.4 is 10.6 Å². The Morgan fingerprint density at radius 2 is 1.81 bits per heavy atom. The largest absolute Gasteiger partial charge is 0.319 e. The Morgan fingerprint density at radius 3 is 2.54 bits per heavy atom. The molecule has 5 nitrogen and oxygen atoms in total. The number of aryl methyl sites for hydroxylation is 1. The van der Waals surface area contributed by atoms with Gasteiger partial charge in [-0.25, -0.2) is 0 Å². The van der Waals surface area contributed by atoms with Gasteiger partial charge in [0.1, 0.15) is 0 Å². The van der Waals surface area contributed by atoms with Crippen molar-refractivity contribution < 1.29 is 9.59 Å². The van der Waals surface area contributed by atoms with Crippen LogP contribution in [0, 0.1) is 12.3 Å². The van der Waals surface area contributed by atoms with Gasteiger partial charge in [-0.05, 0) is 30.7 Å². The van der Waals surface area contributed by atoms with E-state index in [-0.39, 0.29) is 11.8 Å². The van der Waals surface area contributed by atoms with Crippen molar-refractivity contribution >= 4 is 44.7 Å². The molecule has 3 rings (SSSR count). The Bertz CT molecular complexity index is 981. The van der Waals surface area contributed by atoms with Crippen LogP contribution in [0.5, 0.6) is 0 Å². The number of amides is 2. The summed E-state index contributed by atoms with van der Waals surface area (Å²) >= 11 is 1.27. The van der Waals surface area contributed by atoms with Crippen molar-refractivity contribution in [2.75, 3.05) is 10.6 Å². The van der Waals surface area contributed by atoms with Crippen LogP contribution in [-0.4, -0.2) is 16.8 Å². The number of carbonyl (C=O) groups is 2. The molecule has 0 radical (unpaired) electrons. The van der Waals surface area contributed by atoms with Crippen LogP contribution in [-0.2, 0) is 4.79 Å². The van der Waals surface area contributed by atoms with E-state index in [1.54, 1.807) is 6.20 Å². The van der Waals surface area contributed by atoms with E-state index in [1.165, 1.54) is 11.3 Å². The molecule has 0 aliphatic carbocycles. The number of fused-ring (bicyclic) bond motifs is 1. The van der Waals surface area contributed by atoms with Gasteiger partial charge in [-0.3, -0.25) is 14.6 Å². The third-order valence-electron chi connectivity index (χ3n) is 3.92. The van der Waals surface area contributed by atoms with Gasteiger partial charge in [0.05, 0.1) is 21.1 Å². The summed E-state index contributed by atoms with van der Waals surface area (Å²) in [6, 6.07) is 11.3. The summed E-state index contributed by atoms with van der Waals surface area (Å²) in [5.74, 6) is -0.286. The van der Waals surface area contributed by atoms with Crippen molar-refractivity contribution in [3.8, 4) is 0 Å². The lowest BCUT2D eigenvalue weighted by molar-refractivity contribution is -0.123.